The highest BCUT2D eigenvalue weighted by atomic mass is 16.5. The Labute approximate surface area is 126 Å². The van der Waals surface area contributed by atoms with Crippen LogP contribution >= 0.6 is 0 Å². The highest BCUT2D eigenvalue weighted by Crippen LogP contribution is 2.19. The van der Waals surface area contributed by atoms with Crippen LogP contribution in [0.3, 0.4) is 0 Å². The maximum Gasteiger partial charge on any atom is 0.251 e. The van der Waals surface area contributed by atoms with Crippen molar-refractivity contribution in [2.24, 2.45) is 0 Å². The first kappa shape index (κ1) is 14.5. The SMILES string of the molecule is O=C(NCCC1CCCCO1)c1cccc2c1CCNC2. The Kier molecular flexibility index (Phi) is 4.88. The molecule has 4 heteroatoms. The van der Waals surface area contributed by atoms with Crippen molar-refractivity contribution in [2.75, 3.05) is 19.7 Å². The van der Waals surface area contributed by atoms with Gasteiger partial charge in [-0.2, -0.15) is 0 Å². The smallest absolute Gasteiger partial charge is 0.251 e. The van der Waals surface area contributed by atoms with Crippen molar-refractivity contribution in [1.82, 2.24) is 10.6 Å². The molecule has 2 heterocycles. The van der Waals surface area contributed by atoms with Gasteiger partial charge in [-0.3, -0.25) is 4.79 Å². The molecule has 1 amide bonds. The number of carbonyl (C=O) groups is 1. The van der Waals surface area contributed by atoms with Crippen molar-refractivity contribution >= 4 is 5.91 Å². The largest absolute Gasteiger partial charge is 0.378 e. The van der Waals surface area contributed by atoms with E-state index in [1.54, 1.807) is 0 Å². The molecule has 21 heavy (non-hydrogen) atoms. The van der Waals surface area contributed by atoms with Gasteiger partial charge in [0.15, 0.2) is 0 Å². The highest BCUT2D eigenvalue weighted by Gasteiger charge is 2.18. The molecule has 1 saturated heterocycles. The van der Waals surface area contributed by atoms with Crippen LogP contribution in [0.25, 0.3) is 0 Å². The van der Waals surface area contributed by atoms with E-state index >= 15 is 0 Å². The van der Waals surface area contributed by atoms with Gasteiger partial charge in [-0.15, -0.1) is 0 Å². The molecule has 2 aliphatic heterocycles. The summed E-state index contributed by atoms with van der Waals surface area (Å²) in [6, 6.07) is 6.02. The summed E-state index contributed by atoms with van der Waals surface area (Å²) >= 11 is 0. The Morgan fingerprint density at radius 1 is 1.38 bits per heavy atom. The Morgan fingerprint density at radius 2 is 2.33 bits per heavy atom. The summed E-state index contributed by atoms with van der Waals surface area (Å²) in [4.78, 5) is 12.4. The topological polar surface area (TPSA) is 50.4 Å². The van der Waals surface area contributed by atoms with Crippen molar-refractivity contribution in [3.8, 4) is 0 Å². The minimum Gasteiger partial charge on any atom is -0.378 e. The molecule has 0 saturated carbocycles. The first-order valence-electron chi connectivity index (χ1n) is 8.06. The normalized spacial score (nSPS) is 21.6. The molecule has 2 N–H and O–H groups in total. The van der Waals surface area contributed by atoms with Crippen molar-refractivity contribution in [2.45, 2.75) is 44.8 Å². The Bertz CT molecular complexity index is 496. The van der Waals surface area contributed by atoms with Gasteiger partial charge in [-0.25, -0.2) is 0 Å². The van der Waals surface area contributed by atoms with Crippen LogP contribution < -0.4 is 10.6 Å². The molecule has 1 unspecified atom stereocenters. The number of carbonyl (C=O) groups excluding carboxylic acids is 1. The quantitative estimate of drug-likeness (QED) is 0.891. The predicted octanol–water partition coefficient (Wildman–Crippen LogP) is 2.02. The minimum absolute atomic E-state index is 0.0598. The molecule has 0 spiro atoms. The van der Waals surface area contributed by atoms with E-state index in [0.717, 1.165) is 44.5 Å². The number of hydrogen-bond donors (Lipinski definition) is 2. The lowest BCUT2D eigenvalue weighted by Gasteiger charge is -2.23. The molecule has 1 atom stereocenters. The third-order valence-electron chi connectivity index (χ3n) is 4.41. The van der Waals surface area contributed by atoms with Gasteiger partial charge >= 0.3 is 0 Å². The summed E-state index contributed by atoms with van der Waals surface area (Å²) in [5, 5.41) is 6.40. The second-order valence-electron chi connectivity index (χ2n) is 5.90. The van der Waals surface area contributed by atoms with E-state index < -0.39 is 0 Å². The zero-order chi connectivity index (χ0) is 14.5. The van der Waals surface area contributed by atoms with Crippen LogP contribution in [0.5, 0.6) is 0 Å². The van der Waals surface area contributed by atoms with Crippen LogP contribution in [-0.2, 0) is 17.7 Å². The lowest BCUT2D eigenvalue weighted by molar-refractivity contribution is 0.0117. The molecule has 0 aromatic heterocycles. The molecule has 0 aliphatic carbocycles. The first-order valence-corrected chi connectivity index (χ1v) is 8.06. The van der Waals surface area contributed by atoms with Gasteiger partial charge in [0, 0.05) is 25.3 Å². The summed E-state index contributed by atoms with van der Waals surface area (Å²) in [5.74, 6) is 0.0598. The molecule has 0 bridgehead atoms. The predicted molar refractivity (Wildman–Crippen MR) is 82.4 cm³/mol. The van der Waals surface area contributed by atoms with E-state index in [0.29, 0.717) is 12.6 Å². The van der Waals surface area contributed by atoms with Crippen molar-refractivity contribution < 1.29 is 9.53 Å². The number of amides is 1. The summed E-state index contributed by atoms with van der Waals surface area (Å²) in [6.07, 6.45) is 5.73. The fourth-order valence-corrected chi connectivity index (χ4v) is 3.22. The standard InChI is InChI=1S/C17H24N2O2/c20-17(19-10-7-14-5-1-2-11-21-14)16-6-3-4-13-12-18-9-8-15(13)16/h3-4,6,14,18H,1-2,5,7-12H2,(H,19,20). The summed E-state index contributed by atoms with van der Waals surface area (Å²) in [7, 11) is 0. The summed E-state index contributed by atoms with van der Waals surface area (Å²) < 4.78 is 5.70. The molecule has 114 valence electrons. The average molecular weight is 288 g/mol. The van der Waals surface area contributed by atoms with Gasteiger partial charge in [0.05, 0.1) is 6.10 Å². The van der Waals surface area contributed by atoms with E-state index in [1.165, 1.54) is 24.0 Å². The molecule has 2 aliphatic rings. The lowest BCUT2D eigenvalue weighted by Crippen LogP contribution is -2.32. The van der Waals surface area contributed by atoms with E-state index in [4.69, 9.17) is 4.74 Å². The number of ether oxygens (including phenoxy) is 1. The van der Waals surface area contributed by atoms with Crippen molar-refractivity contribution in [3.05, 3.63) is 34.9 Å². The zero-order valence-corrected chi connectivity index (χ0v) is 12.5. The number of rotatable bonds is 4. The summed E-state index contributed by atoms with van der Waals surface area (Å²) in [5.41, 5.74) is 3.31. The van der Waals surface area contributed by atoms with Crippen LogP contribution in [0.4, 0.5) is 0 Å². The number of fused-ring (bicyclic) bond motifs is 1. The summed E-state index contributed by atoms with van der Waals surface area (Å²) in [6.45, 7) is 3.39. The molecule has 4 nitrogen and oxygen atoms in total. The minimum atomic E-state index is 0.0598. The van der Waals surface area contributed by atoms with Crippen LogP contribution in [-0.4, -0.2) is 31.7 Å². The third-order valence-corrected chi connectivity index (χ3v) is 4.41. The zero-order valence-electron chi connectivity index (χ0n) is 12.5. The molecule has 3 rings (SSSR count). The maximum atomic E-state index is 12.4. The maximum absolute atomic E-state index is 12.4. The van der Waals surface area contributed by atoms with Crippen molar-refractivity contribution in [3.63, 3.8) is 0 Å². The monoisotopic (exact) mass is 288 g/mol. The van der Waals surface area contributed by atoms with Gasteiger partial charge < -0.3 is 15.4 Å². The van der Waals surface area contributed by atoms with Gasteiger partial charge in [0.25, 0.3) is 5.91 Å². The van der Waals surface area contributed by atoms with Crippen LogP contribution in [0.1, 0.15) is 47.2 Å². The lowest BCUT2D eigenvalue weighted by atomic mass is 9.95. The highest BCUT2D eigenvalue weighted by molar-refractivity contribution is 5.96. The van der Waals surface area contributed by atoms with Gasteiger partial charge in [-0.05, 0) is 55.8 Å². The molecule has 0 radical (unpaired) electrons. The molecular formula is C17H24N2O2. The van der Waals surface area contributed by atoms with Gasteiger partial charge in [-0.1, -0.05) is 12.1 Å². The van der Waals surface area contributed by atoms with E-state index in [1.807, 2.05) is 12.1 Å². The second kappa shape index (κ2) is 7.05. The number of nitrogens with one attached hydrogen (secondary N) is 2. The molecule has 1 aromatic rings. The van der Waals surface area contributed by atoms with E-state index in [-0.39, 0.29) is 5.91 Å². The van der Waals surface area contributed by atoms with Crippen LogP contribution in [0, 0.1) is 0 Å². The molecule has 1 fully saturated rings. The second-order valence-corrected chi connectivity index (χ2v) is 5.90. The fourth-order valence-electron chi connectivity index (χ4n) is 3.22. The van der Waals surface area contributed by atoms with Crippen LogP contribution in [0.2, 0.25) is 0 Å². The molecular weight excluding hydrogens is 264 g/mol. The van der Waals surface area contributed by atoms with Crippen molar-refractivity contribution in [1.29, 1.82) is 0 Å². The number of hydrogen-bond acceptors (Lipinski definition) is 3. The Balaban J connectivity index is 1.55. The number of benzene rings is 1. The van der Waals surface area contributed by atoms with E-state index in [9.17, 15) is 4.79 Å². The Morgan fingerprint density at radius 3 is 3.19 bits per heavy atom. The average Bonchev–Trinajstić information content (AvgIpc) is 2.55. The Hall–Kier alpha value is -1.39. The van der Waals surface area contributed by atoms with Gasteiger partial charge in [0.1, 0.15) is 0 Å². The molecule has 1 aromatic carbocycles. The first-order chi connectivity index (χ1) is 10.3. The van der Waals surface area contributed by atoms with Gasteiger partial charge in [0.2, 0.25) is 0 Å². The third kappa shape index (κ3) is 3.63. The van der Waals surface area contributed by atoms with E-state index in [2.05, 4.69) is 16.7 Å². The van der Waals surface area contributed by atoms with Crippen LogP contribution in [0.15, 0.2) is 18.2 Å². The fraction of sp³-hybridized carbons (Fsp3) is 0.588.